The van der Waals surface area contributed by atoms with E-state index in [1.807, 2.05) is 0 Å². The Bertz CT molecular complexity index is 465. The number of nitrogens with two attached hydrogens (primary N) is 1. The average molecular weight is 265 g/mol. The van der Waals surface area contributed by atoms with Crippen LogP contribution in [0.2, 0.25) is 0 Å². The molecule has 0 spiro atoms. The van der Waals surface area contributed by atoms with Crippen LogP contribution in [0.25, 0.3) is 0 Å². The number of pyridine rings is 1. The fourth-order valence-electron chi connectivity index (χ4n) is 2.44. The molecule has 2 heterocycles. The minimum atomic E-state index is -0.422. The molecule has 0 aliphatic carbocycles. The van der Waals surface area contributed by atoms with Gasteiger partial charge in [-0.1, -0.05) is 12.8 Å². The van der Waals surface area contributed by atoms with Gasteiger partial charge in [0.05, 0.1) is 17.1 Å². The summed E-state index contributed by atoms with van der Waals surface area (Å²) in [5, 5.41) is 10.9. The summed E-state index contributed by atoms with van der Waals surface area (Å²) in [5.41, 5.74) is 2.40. The molecular formula is C12H19N5O2. The van der Waals surface area contributed by atoms with Crippen molar-refractivity contribution in [2.24, 2.45) is 5.84 Å². The molecule has 0 aromatic carbocycles. The summed E-state index contributed by atoms with van der Waals surface area (Å²) in [4.78, 5) is 17.0. The number of anilines is 2. The highest BCUT2D eigenvalue weighted by molar-refractivity contribution is 5.56. The van der Waals surface area contributed by atoms with Crippen LogP contribution < -0.4 is 16.2 Å². The van der Waals surface area contributed by atoms with E-state index in [1.165, 1.54) is 25.0 Å². The van der Waals surface area contributed by atoms with E-state index in [-0.39, 0.29) is 5.69 Å². The zero-order chi connectivity index (χ0) is 13.8. The lowest BCUT2D eigenvalue weighted by molar-refractivity contribution is -0.384. The molecule has 1 aromatic heterocycles. The van der Waals surface area contributed by atoms with Gasteiger partial charge in [0.25, 0.3) is 5.69 Å². The van der Waals surface area contributed by atoms with Crippen LogP contribution in [-0.4, -0.2) is 22.5 Å². The van der Waals surface area contributed by atoms with E-state index in [0.29, 0.717) is 17.7 Å². The molecule has 0 saturated carbocycles. The van der Waals surface area contributed by atoms with E-state index in [4.69, 9.17) is 5.84 Å². The number of aromatic nitrogens is 1. The van der Waals surface area contributed by atoms with E-state index in [0.717, 1.165) is 19.4 Å². The van der Waals surface area contributed by atoms with Crippen molar-refractivity contribution in [2.75, 3.05) is 16.9 Å². The lowest BCUT2D eigenvalue weighted by atomic mass is 10.1. The fourth-order valence-corrected chi connectivity index (χ4v) is 2.44. The van der Waals surface area contributed by atoms with Crippen LogP contribution in [0, 0.1) is 10.1 Å². The average Bonchev–Trinajstić information content (AvgIpc) is 2.62. The Morgan fingerprint density at radius 3 is 2.95 bits per heavy atom. The summed E-state index contributed by atoms with van der Waals surface area (Å²) in [6.45, 7) is 3.00. The minimum absolute atomic E-state index is 0.00870. The van der Waals surface area contributed by atoms with Gasteiger partial charge in [-0.2, -0.15) is 0 Å². The largest absolute Gasteiger partial charge is 0.354 e. The first-order valence-corrected chi connectivity index (χ1v) is 6.51. The molecule has 1 aliphatic rings. The Hall–Kier alpha value is -1.89. The maximum atomic E-state index is 10.9. The van der Waals surface area contributed by atoms with Gasteiger partial charge in [-0.3, -0.25) is 10.1 Å². The van der Waals surface area contributed by atoms with Gasteiger partial charge in [-0.05, 0) is 19.8 Å². The summed E-state index contributed by atoms with van der Waals surface area (Å²) in [5.74, 6) is 6.27. The van der Waals surface area contributed by atoms with Gasteiger partial charge >= 0.3 is 0 Å². The Labute approximate surface area is 111 Å². The second-order valence-corrected chi connectivity index (χ2v) is 4.86. The Morgan fingerprint density at radius 2 is 2.26 bits per heavy atom. The highest BCUT2D eigenvalue weighted by Crippen LogP contribution is 2.27. The molecule has 1 atom stereocenters. The quantitative estimate of drug-likeness (QED) is 0.493. The van der Waals surface area contributed by atoms with Crippen LogP contribution in [0.3, 0.4) is 0 Å². The number of hydrogen-bond acceptors (Lipinski definition) is 6. The van der Waals surface area contributed by atoms with Crippen LogP contribution in [0.15, 0.2) is 12.1 Å². The fraction of sp³-hybridized carbons (Fsp3) is 0.583. The SMILES string of the molecule is CC1CCCCCN1c1cc([N+](=O)[O-])cc(NN)n1. The van der Waals surface area contributed by atoms with E-state index in [1.54, 1.807) is 0 Å². The smallest absolute Gasteiger partial charge is 0.276 e. The summed E-state index contributed by atoms with van der Waals surface area (Å²) in [6, 6.07) is 3.19. The number of nitro groups is 1. The molecule has 0 radical (unpaired) electrons. The first kappa shape index (κ1) is 13.5. The summed E-state index contributed by atoms with van der Waals surface area (Å²) >= 11 is 0. The minimum Gasteiger partial charge on any atom is -0.354 e. The summed E-state index contributed by atoms with van der Waals surface area (Å²) in [7, 11) is 0. The highest BCUT2D eigenvalue weighted by atomic mass is 16.6. The van der Waals surface area contributed by atoms with Gasteiger partial charge in [0.1, 0.15) is 11.6 Å². The van der Waals surface area contributed by atoms with Crippen LogP contribution in [0.4, 0.5) is 17.3 Å². The van der Waals surface area contributed by atoms with E-state index in [9.17, 15) is 10.1 Å². The maximum absolute atomic E-state index is 10.9. The third-order valence-corrected chi connectivity index (χ3v) is 3.50. The van der Waals surface area contributed by atoms with Crippen molar-refractivity contribution in [3.05, 3.63) is 22.2 Å². The highest BCUT2D eigenvalue weighted by Gasteiger charge is 2.21. The maximum Gasteiger partial charge on any atom is 0.276 e. The summed E-state index contributed by atoms with van der Waals surface area (Å²) < 4.78 is 0. The van der Waals surface area contributed by atoms with Gasteiger partial charge in [0, 0.05) is 12.6 Å². The first-order chi connectivity index (χ1) is 9.11. The van der Waals surface area contributed by atoms with Crippen molar-refractivity contribution < 1.29 is 4.92 Å². The molecular weight excluding hydrogens is 246 g/mol. The zero-order valence-corrected chi connectivity index (χ0v) is 11.0. The predicted molar refractivity (Wildman–Crippen MR) is 74.0 cm³/mol. The molecule has 7 nitrogen and oxygen atoms in total. The number of hydrogen-bond donors (Lipinski definition) is 2. The van der Waals surface area contributed by atoms with Crippen LogP contribution in [0.1, 0.15) is 32.6 Å². The Balaban J connectivity index is 2.36. The molecule has 1 fully saturated rings. The standard InChI is InChI=1S/C12H19N5O2/c1-9-5-3-2-4-6-16(9)12-8-10(17(18)19)7-11(14-12)15-13/h7-9H,2-6,13H2,1H3,(H,14,15). The van der Waals surface area contributed by atoms with Crippen LogP contribution in [-0.2, 0) is 0 Å². The number of nitrogens with one attached hydrogen (secondary N) is 1. The van der Waals surface area contributed by atoms with E-state index >= 15 is 0 Å². The number of nitrogens with zero attached hydrogens (tertiary/aromatic N) is 3. The van der Waals surface area contributed by atoms with Gasteiger partial charge in [-0.25, -0.2) is 10.8 Å². The Morgan fingerprint density at radius 1 is 1.47 bits per heavy atom. The molecule has 0 bridgehead atoms. The van der Waals surface area contributed by atoms with Crippen LogP contribution >= 0.6 is 0 Å². The van der Waals surface area contributed by atoms with Crippen molar-refractivity contribution in [2.45, 2.75) is 38.6 Å². The van der Waals surface area contributed by atoms with Crippen molar-refractivity contribution in [1.29, 1.82) is 0 Å². The van der Waals surface area contributed by atoms with E-state index < -0.39 is 4.92 Å². The van der Waals surface area contributed by atoms with Gasteiger partial charge in [0.2, 0.25) is 0 Å². The molecule has 104 valence electrons. The van der Waals surface area contributed by atoms with Crippen molar-refractivity contribution >= 4 is 17.3 Å². The lowest BCUT2D eigenvalue weighted by Gasteiger charge is -2.28. The number of rotatable bonds is 3. The number of hydrazine groups is 1. The predicted octanol–water partition coefficient (Wildman–Crippen LogP) is 2.04. The van der Waals surface area contributed by atoms with Crippen molar-refractivity contribution in [1.82, 2.24) is 4.98 Å². The molecule has 1 saturated heterocycles. The molecule has 7 heteroatoms. The Kier molecular flexibility index (Phi) is 4.16. The normalized spacial score (nSPS) is 19.9. The van der Waals surface area contributed by atoms with Crippen molar-refractivity contribution in [3.8, 4) is 0 Å². The first-order valence-electron chi connectivity index (χ1n) is 6.51. The molecule has 19 heavy (non-hydrogen) atoms. The van der Waals surface area contributed by atoms with E-state index in [2.05, 4.69) is 22.2 Å². The van der Waals surface area contributed by atoms with Crippen LogP contribution in [0.5, 0.6) is 0 Å². The van der Waals surface area contributed by atoms with Gasteiger partial charge in [-0.15, -0.1) is 0 Å². The monoisotopic (exact) mass is 265 g/mol. The second kappa shape index (κ2) is 5.83. The molecule has 1 unspecified atom stereocenters. The zero-order valence-electron chi connectivity index (χ0n) is 11.0. The number of nitrogen functional groups attached to an aromatic ring is 1. The van der Waals surface area contributed by atoms with Gasteiger partial charge in [0.15, 0.2) is 0 Å². The molecule has 1 aromatic rings. The second-order valence-electron chi connectivity index (χ2n) is 4.86. The van der Waals surface area contributed by atoms with Crippen molar-refractivity contribution in [3.63, 3.8) is 0 Å². The molecule has 2 rings (SSSR count). The molecule has 3 N–H and O–H groups in total. The third-order valence-electron chi connectivity index (χ3n) is 3.50. The topological polar surface area (TPSA) is 97.3 Å². The molecule has 0 amide bonds. The third kappa shape index (κ3) is 3.11. The van der Waals surface area contributed by atoms with Gasteiger partial charge < -0.3 is 10.3 Å². The summed E-state index contributed by atoms with van der Waals surface area (Å²) in [6.07, 6.45) is 4.54. The molecule has 1 aliphatic heterocycles. The lowest BCUT2D eigenvalue weighted by Crippen LogP contribution is -2.33.